The molecule has 0 N–H and O–H groups in total. The Hall–Kier alpha value is -5.07. The molecule has 18 nitrogen and oxygen atoms in total. The quantitative estimate of drug-likeness (QED) is 0.0585. The lowest BCUT2D eigenvalue weighted by atomic mass is 9.79. The Kier molecular flexibility index (Phi) is 18.4. The maximum Gasteiger partial charge on any atom is 0.329 e. The molecule has 0 aromatic heterocycles. The first-order valence-electron chi connectivity index (χ1n) is 22.8. The van der Waals surface area contributed by atoms with Gasteiger partial charge < -0.3 is 28.4 Å². The molecular formula is C49H73N3O15. The lowest BCUT2D eigenvalue weighted by molar-refractivity contribution is -0.169. The first kappa shape index (κ1) is 56.3. The van der Waals surface area contributed by atoms with Gasteiger partial charge in [0.15, 0.2) is 0 Å². The summed E-state index contributed by atoms with van der Waals surface area (Å²) in [6.07, 6.45) is 9.24. The molecule has 18 heteroatoms. The van der Waals surface area contributed by atoms with E-state index in [2.05, 4.69) is 0 Å². The van der Waals surface area contributed by atoms with Gasteiger partial charge in [-0.3, -0.25) is 43.5 Å². The van der Waals surface area contributed by atoms with Crippen LogP contribution in [-0.2, 0) is 71.6 Å². The van der Waals surface area contributed by atoms with E-state index in [1.807, 2.05) is 41.5 Å². The lowest BCUT2D eigenvalue weighted by Gasteiger charge is -2.39. The third-order valence-corrected chi connectivity index (χ3v) is 11.8. The number of carbonyl (C=O) groups is 9. The van der Waals surface area contributed by atoms with Crippen LogP contribution < -0.4 is 0 Å². The highest BCUT2D eigenvalue weighted by Gasteiger charge is 2.41. The van der Waals surface area contributed by atoms with Crippen molar-refractivity contribution in [2.45, 2.75) is 194 Å². The maximum atomic E-state index is 13.0. The van der Waals surface area contributed by atoms with Crippen molar-refractivity contribution < 1.29 is 71.6 Å². The predicted octanol–water partition coefficient (Wildman–Crippen LogP) is 5.23. The van der Waals surface area contributed by atoms with Crippen molar-refractivity contribution in [1.82, 2.24) is 14.7 Å². The molecule has 3 aliphatic heterocycles. The molecular weight excluding hydrogens is 871 g/mol. The summed E-state index contributed by atoms with van der Waals surface area (Å²) >= 11 is 0. The molecule has 0 aromatic rings. The number of amides is 6. The maximum absolute atomic E-state index is 13.0. The zero-order valence-electron chi connectivity index (χ0n) is 42.1. The third kappa shape index (κ3) is 16.9. The summed E-state index contributed by atoms with van der Waals surface area (Å²) in [5.74, 6) is -5.70. The topological polar surface area (TPSA) is 219 Å². The zero-order chi connectivity index (χ0) is 51.1. The Morgan fingerprint density at radius 3 is 0.776 bits per heavy atom. The molecule has 67 heavy (non-hydrogen) atoms. The Labute approximate surface area is 395 Å². The Bertz CT molecular complexity index is 1730. The molecule has 3 aliphatic rings. The van der Waals surface area contributed by atoms with Crippen molar-refractivity contribution in [2.24, 2.45) is 5.92 Å². The number of esters is 3. The van der Waals surface area contributed by atoms with Gasteiger partial charge in [0.05, 0.1) is 36.6 Å². The molecule has 0 fully saturated rings. The van der Waals surface area contributed by atoms with Crippen LogP contribution in [0.1, 0.15) is 142 Å². The molecule has 6 amide bonds. The average Bonchev–Trinajstić information content (AvgIpc) is 3.81. The van der Waals surface area contributed by atoms with Gasteiger partial charge in [-0.2, -0.15) is 0 Å². The van der Waals surface area contributed by atoms with Crippen LogP contribution in [0.4, 0.5) is 0 Å². The van der Waals surface area contributed by atoms with Crippen LogP contribution in [0.25, 0.3) is 0 Å². The highest BCUT2D eigenvalue weighted by molar-refractivity contribution is 6.16. The van der Waals surface area contributed by atoms with E-state index < -0.39 is 105 Å². The van der Waals surface area contributed by atoms with Crippen LogP contribution in [0.2, 0.25) is 0 Å². The van der Waals surface area contributed by atoms with Crippen LogP contribution in [-0.4, -0.2) is 140 Å². The minimum Gasteiger partial charge on any atom is -0.458 e. The Balaban J connectivity index is 1.67. The summed E-state index contributed by atoms with van der Waals surface area (Å²) in [6.45, 7) is 27.1. The normalized spacial score (nSPS) is 18.0. The van der Waals surface area contributed by atoms with Crippen molar-refractivity contribution in [1.29, 1.82) is 0 Å². The Morgan fingerprint density at radius 2 is 0.582 bits per heavy atom. The largest absolute Gasteiger partial charge is 0.458 e. The molecule has 0 aromatic carbocycles. The van der Waals surface area contributed by atoms with Crippen LogP contribution in [0.15, 0.2) is 36.5 Å². The molecule has 0 aliphatic carbocycles. The molecule has 0 bridgehead atoms. The summed E-state index contributed by atoms with van der Waals surface area (Å²) in [5.41, 5.74) is -5.09. The average molecular weight is 944 g/mol. The second-order valence-electron chi connectivity index (χ2n) is 21.3. The fourth-order valence-corrected chi connectivity index (χ4v) is 8.12. The molecule has 3 atom stereocenters. The molecule has 0 saturated heterocycles. The van der Waals surface area contributed by atoms with Gasteiger partial charge in [0.25, 0.3) is 35.4 Å². The van der Waals surface area contributed by atoms with Gasteiger partial charge in [0.1, 0.15) is 34.9 Å². The van der Waals surface area contributed by atoms with E-state index in [4.69, 9.17) is 28.4 Å². The molecule has 0 radical (unpaired) electrons. The summed E-state index contributed by atoms with van der Waals surface area (Å²) < 4.78 is 36.6. The number of ether oxygens (including phenoxy) is 6. The van der Waals surface area contributed by atoms with Gasteiger partial charge in [-0.05, 0) is 129 Å². The van der Waals surface area contributed by atoms with Gasteiger partial charge >= 0.3 is 17.9 Å². The highest BCUT2D eigenvalue weighted by atomic mass is 16.6. The minimum atomic E-state index is -1.11. The van der Waals surface area contributed by atoms with Crippen molar-refractivity contribution in [3.05, 3.63) is 36.5 Å². The van der Waals surface area contributed by atoms with Crippen LogP contribution in [0, 0.1) is 5.92 Å². The van der Waals surface area contributed by atoms with Crippen LogP contribution in [0.5, 0.6) is 0 Å². The van der Waals surface area contributed by atoms with E-state index in [0.29, 0.717) is 38.5 Å². The SMILES string of the molecule is CC(C(=O)OC(C)(C)CCOC(C)(C)CC(CC(C)(C)OCCC(C)(C)OC(=O)C(C)N1C(=O)C=CC1=O)CC(C)(C)OCCC(C)(C)OC(=O)C(C)N1C(=O)C=CC1=O)N1C(=O)C=CC1=O. The smallest absolute Gasteiger partial charge is 0.329 e. The number of hydrogen-bond donors (Lipinski definition) is 0. The zero-order valence-corrected chi connectivity index (χ0v) is 42.1. The molecule has 0 spiro atoms. The summed E-state index contributed by atoms with van der Waals surface area (Å²) in [5, 5.41) is 0. The van der Waals surface area contributed by atoms with Crippen molar-refractivity contribution in [3.8, 4) is 0 Å². The standard InChI is InChI=1S/C49H73N3O15/c1-31(50-35(53)16-17-36(50)54)41(59)65-44(4,5)22-25-62-47(10,11)28-34(29-48(12,13)63-26-23-45(6,7)66-42(60)32(2)51-37(55)18-19-38(51)56)30-49(14,15)64-27-24-46(8,9)67-43(61)33(3)52-39(57)20-21-40(52)58/h16-21,31-34H,22-30H2,1-15H3. The number of nitrogens with zero attached hydrogens (tertiary/aromatic N) is 3. The van der Waals surface area contributed by atoms with Crippen LogP contribution in [0.3, 0.4) is 0 Å². The van der Waals surface area contributed by atoms with E-state index in [1.54, 1.807) is 41.5 Å². The first-order chi connectivity index (χ1) is 30.6. The molecule has 0 saturated carbocycles. The summed E-state index contributed by atoms with van der Waals surface area (Å²) in [6, 6.07) is -3.32. The Morgan fingerprint density at radius 1 is 0.388 bits per heavy atom. The van der Waals surface area contributed by atoms with Crippen LogP contribution >= 0.6 is 0 Å². The highest BCUT2D eigenvalue weighted by Crippen LogP contribution is 2.36. The second kappa shape index (κ2) is 21.9. The third-order valence-electron chi connectivity index (χ3n) is 11.8. The molecule has 3 rings (SSSR count). The fraction of sp³-hybridized carbons (Fsp3) is 0.694. The van der Waals surface area contributed by atoms with Gasteiger partial charge in [0.2, 0.25) is 0 Å². The number of hydrogen-bond acceptors (Lipinski definition) is 15. The van der Waals surface area contributed by atoms with Crippen molar-refractivity contribution in [3.63, 3.8) is 0 Å². The van der Waals surface area contributed by atoms with Crippen molar-refractivity contribution in [2.75, 3.05) is 19.8 Å². The second-order valence-corrected chi connectivity index (χ2v) is 21.3. The summed E-state index contributed by atoms with van der Waals surface area (Å²) in [4.78, 5) is 114. The number of rotatable bonds is 27. The number of imide groups is 3. The lowest BCUT2D eigenvalue weighted by Crippen LogP contribution is -2.46. The monoisotopic (exact) mass is 944 g/mol. The van der Waals surface area contributed by atoms with E-state index in [-0.39, 0.29) is 25.7 Å². The van der Waals surface area contributed by atoms with E-state index in [1.165, 1.54) is 20.8 Å². The predicted molar refractivity (Wildman–Crippen MR) is 243 cm³/mol. The van der Waals surface area contributed by atoms with Gasteiger partial charge in [-0.15, -0.1) is 0 Å². The fourth-order valence-electron chi connectivity index (χ4n) is 8.12. The molecule has 3 heterocycles. The first-order valence-corrected chi connectivity index (χ1v) is 22.8. The summed E-state index contributed by atoms with van der Waals surface area (Å²) in [7, 11) is 0. The van der Waals surface area contributed by atoms with Gasteiger partial charge in [-0.1, -0.05) is 0 Å². The van der Waals surface area contributed by atoms with E-state index in [9.17, 15) is 43.2 Å². The minimum absolute atomic E-state index is 0.0671. The molecule has 374 valence electrons. The van der Waals surface area contributed by atoms with Crippen molar-refractivity contribution >= 4 is 53.4 Å². The van der Waals surface area contributed by atoms with E-state index >= 15 is 0 Å². The van der Waals surface area contributed by atoms with E-state index in [0.717, 1.165) is 51.2 Å². The number of carbonyl (C=O) groups excluding carboxylic acids is 9. The van der Waals surface area contributed by atoms with Gasteiger partial charge in [-0.25, -0.2) is 14.4 Å². The molecule has 3 unspecified atom stereocenters. The van der Waals surface area contributed by atoms with Gasteiger partial charge in [0, 0.05) is 55.7 Å².